The Morgan fingerprint density at radius 2 is 1.75 bits per heavy atom. The molecular formula is C10H6O2. The molecule has 58 valence electrons. The van der Waals surface area contributed by atoms with Gasteiger partial charge in [0.15, 0.2) is 0 Å². The van der Waals surface area contributed by atoms with Crippen LogP contribution < -0.4 is 0 Å². The minimum atomic E-state index is -0.333. The predicted molar refractivity (Wildman–Crippen MR) is 42.7 cm³/mol. The van der Waals surface area contributed by atoms with Crippen LogP contribution in [-0.2, 0) is 11.2 Å². The molecule has 12 heavy (non-hydrogen) atoms. The van der Waals surface area contributed by atoms with Crippen LogP contribution in [0.15, 0.2) is 24.3 Å². The molecular weight excluding hydrogens is 152 g/mol. The topological polar surface area (TPSA) is 34.1 Å². The van der Waals surface area contributed by atoms with Gasteiger partial charge in [0.05, 0.1) is 0 Å². The summed E-state index contributed by atoms with van der Waals surface area (Å²) in [7, 11) is 0. The summed E-state index contributed by atoms with van der Waals surface area (Å²) < 4.78 is 0. The largest absolute Gasteiger partial charge is 0.290 e. The highest BCUT2D eigenvalue weighted by atomic mass is 16.2. The van der Waals surface area contributed by atoms with Gasteiger partial charge in [-0.15, -0.1) is 0 Å². The average molecular weight is 158 g/mol. The maximum atomic E-state index is 11.0. The van der Waals surface area contributed by atoms with E-state index in [9.17, 15) is 9.59 Å². The van der Waals surface area contributed by atoms with Crippen LogP contribution in [0.25, 0.3) is 0 Å². The lowest BCUT2D eigenvalue weighted by Gasteiger charge is -1.90. The SMILES string of the molecule is O=C1Cc2ccccc2C1=O.[C]. The van der Waals surface area contributed by atoms with Gasteiger partial charge in [-0.05, 0) is 5.56 Å². The van der Waals surface area contributed by atoms with E-state index in [1.54, 1.807) is 12.1 Å². The van der Waals surface area contributed by atoms with Gasteiger partial charge in [0.2, 0.25) is 11.6 Å². The van der Waals surface area contributed by atoms with Gasteiger partial charge in [-0.3, -0.25) is 9.59 Å². The van der Waals surface area contributed by atoms with E-state index >= 15 is 0 Å². The number of carbonyl (C=O) groups excluding carboxylic acids is 2. The molecule has 2 rings (SSSR count). The molecule has 0 aliphatic heterocycles. The van der Waals surface area contributed by atoms with Gasteiger partial charge in [-0.1, -0.05) is 24.3 Å². The van der Waals surface area contributed by atoms with Crippen molar-refractivity contribution in [3.8, 4) is 0 Å². The third-order valence-electron chi connectivity index (χ3n) is 1.87. The number of fused-ring (bicyclic) bond motifs is 1. The minimum absolute atomic E-state index is 0. The summed E-state index contributed by atoms with van der Waals surface area (Å²) in [6, 6.07) is 7.13. The van der Waals surface area contributed by atoms with E-state index in [1.807, 2.05) is 12.1 Å². The second-order valence-corrected chi connectivity index (χ2v) is 2.59. The normalized spacial score (nSPS) is 14.0. The first-order valence-electron chi connectivity index (χ1n) is 3.44. The highest BCUT2D eigenvalue weighted by Crippen LogP contribution is 2.18. The summed E-state index contributed by atoms with van der Waals surface area (Å²) >= 11 is 0. The van der Waals surface area contributed by atoms with Gasteiger partial charge in [0.1, 0.15) is 0 Å². The summed E-state index contributed by atoms with van der Waals surface area (Å²) in [5.74, 6) is -0.619. The fourth-order valence-electron chi connectivity index (χ4n) is 1.30. The smallest absolute Gasteiger partial charge is 0.229 e. The molecule has 1 aromatic carbocycles. The molecule has 1 aromatic rings. The van der Waals surface area contributed by atoms with Crippen LogP contribution >= 0.6 is 0 Å². The molecule has 0 spiro atoms. The Labute approximate surface area is 71.2 Å². The van der Waals surface area contributed by atoms with Crippen molar-refractivity contribution in [2.75, 3.05) is 0 Å². The highest BCUT2D eigenvalue weighted by Gasteiger charge is 2.26. The van der Waals surface area contributed by atoms with Gasteiger partial charge < -0.3 is 0 Å². The van der Waals surface area contributed by atoms with Gasteiger partial charge in [-0.2, -0.15) is 0 Å². The summed E-state index contributed by atoms with van der Waals surface area (Å²) in [5.41, 5.74) is 1.44. The molecule has 2 nitrogen and oxygen atoms in total. The Morgan fingerprint density at radius 3 is 2.42 bits per heavy atom. The fourth-order valence-corrected chi connectivity index (χ4v) is 1.30. The van der Waals surface area contributed by atoms with Gasteiger partial charge in [0.25, 0.3) is 0 Å². The average Bonchev–Trinajstić information content (AvgIpc) is 2.30. The van der Waals surface area contributed by atoms with Crippen LogP contribution in [0.1, 0.15) is 15.9 Å². The van der Waals surface area contributed by atoms with Gasteiger partial charge >= 0.3 is 0 Å². The maximum absolute atomic E-state index is 11.0. The van der Waals surface area contributed by atoms with E-state index in [1.165, 1.54) is 0 Å². The molecule has 0 unspecified atom stereocenters. The van der Waals surface area contributed by atoms with Crippen molar-refractivity contribution >= 4 is 11.6 Å². The lowest BCUT2D eigenvalue weighted by atomic mass is 10.1. The third kappa shape index (κ3) is 1.05. The summed E-state index contributed by atoms with van der Waals surface area (Å²) in [6.45, 7) is 0. The van der Waals surface area contributed by atoms with E-state index in [0.29, 0.717) is 5.56 Å². The monoisotopic (exact) mass is 158 g/mol. The van der Waals surface area contributed by atoms with Crippen molar-refractivity contribution in [3.05, 3.63) is 42.8 Å². The van der Waals surface area contributed by atoms with Crippen molar-refractivity contribution in [1.82, 2.24) is 0 Å². The predicted octanol–water partition coefficient (Wildman–Crippen LogP) is 1.08. The highest BCUT2D eigenvalue weighted by molar-refractivity contribution is 6.47. The zero-order valence-corrected chi connectivity index (χ0v) is 6.33. The first-order valence-corrected chi connectivity index (χ1v) is 3.44. The number of rotatable bonds is 0. The number of Topliss-reactive ketones (excluding diaryl/α,β-unsaturated/α-hetero) is 2. The van der Waals surface area contributed by atoms with Gasteiger partial charge in [-0.25, -0.2) is 0 Å². The number of hydrogen-bond acceptors (Lipinski definition) is 2. The first-order chi connectivity index (χ1) is 5.29. The number of hydrogen-bond donors (Lipinski definition) is 0. The Kier molecular flexibility index (Phi) is 2.09. The summed E-state index contributed by atoms with van der Waals surface area (Å²) in [5, 5.41) is 0. The number of carbonyl (C=O) groups is 2. The van der Waals surface area contributed by atoms with E-state index in [0.717, 1.165) is 5.56 Å². The molecule has 1 aliphatic carbocycles. The molecule has 0 N–H and O–H groups in total. The Bertz CT molecular complexity index is 339. The van der Waals surface area contributed by atoms with Crippen LogP contribution in [0.5, 0.6) is 0 Å². The zero-order chi connectivity index (χ0) is 7.84. The first kappa shape index (κ1) is 8.65. The van der Waals surface area contributed by atoms with Crippen molar-refractivity contribution in [2.24, 2.45) is 0 Å². The molecule has 2 heteroatoms. The molecule has 0 amide bonds. The molecule has 0 saturated heterocycles. The fraction of sp³-hybridized carbons (Fsp3) is 0.100. The molecule has 0 saturated carbocycles. The Morgan fingerprint density at radius 1 is 1.08 bits per heavy atom. The molecule has 0 heterocycles. The van der Waals surface area contributed by atoms with E-state index < -0.39 is 0 Å². The second kappa shape index (κ2) is 2.89. The van der Waals surface area contributed by atoms with Crippen molar-refractivity contribution in [3.63, 3.8) is 0 Å². The summed E-state index contributed by atoms with van der Waals surface area (Å²) in [6.07, 6.45) is 0.287. The van der Waals surface area contributed by atoms with E-state index in [-0.39, 0.29) is 25.4 Å². The molecule has 1 aliphatic rings. The molecule has 0 atom stereocenters. The van der Waals surface area contributed by atoms with Crippen LogP contribution in [0, 0.1) is 7.43 Å². The summed E-state index contributed by atoms with van der Waals surface area (Å²) in [4.78, 5) is 21.9. The van der Waals surface area contributed by atoms with Crippen LogP contribution in [0.2, 0.25) is 0 Å². The van der Waals surface area contributed by atoms with Crippen LogP contribution in [0.3, 0.4) is 0 Å². The van der Waals surface area contributed by atoms with Crippen LogP contribution in [0.4, 0.5) is 0 Å². The van der Waals surface area contributed by atoms with Crippen molar-refractivity contribution < 1.29 is 9.59 Å². The molecule has 0 fully saturated rings. The lowest BCUT2D eigenvalue weighted by molar-refractivity contribution is -0.114. The standard InChI is InChI=1S/C9H6O2.C/c10-8-5-6-3-1-2-4-7(6)9(8)11;/h1-4H,5H2;. The van der Waals surface area contributed by atoms with Crippen molar-refractivity contribution in [2.45, 2.75) is 6.42 Å². The van der Waals surface area contributed by atoms with Crippen molar-refractivity contribution in [1.29, 1.82) is 0 Å². The van der Waals surface area contributed by atoms with E-state index in [2.05, 4.69) is 0 Å². The molecule has 4 radical (unpaired) electrons. The third-order valence-corrected chi connectivity index (χ3v) is 1.87. The quantitative estimate of drug-likeness (QED) is 0.529. The Balaban J connectivity index is 0.000000720. The zero-order valence-electron chi connectivity index (χ0n) is 6.33. The van der Waals surface area contributed by atoms with Crippen LogP contribution in [-0.4, -0.2) is 11.6 Å². The molecule has 0 bridgehead atoms. The Hall–Kier alpha value is -1.44. The number of benzene rings is 1. The van der Waals surface area contributed by atoms with Gasteiger partial charge in [0, 0.05) is 19.4 Å². The van der Waals surface area contributed by atoms with E-state index in [4.69, 9.17) is 0 Å². The maximum Gasteiger partial charge on any atom is 0.229 e. The minimum Gasteiger partial charge on any atom is -0.290 e. The second-order valence-electron chi connectivity index (χ2n) is 2.59. The number of ketones is 2. The molecule has 0 aromatic heterocycles. The lowest BCUT2D eigenvalue weighted by Crippen LogP contribution is -2.05.